The largest absolute Gasteiger partial charge is 0.353 e. The fourth-order valence-corrected chi connectivity index (χ4v) is 3.38. The summed E-state index contributed by atoms with van der Waals surface area (Å²) in [6.45, 7) is 4.32. The molecule has 1 aliphatic rings. The zero-order chi connectivity index (χ0) is 15.6. The second-order valence-corrected chi connectivity index (χ2v) is 6.67. The highest BCUT2D eigenvalue weighted by Crippen LogP contribution is 2.35. The lowest BCUT2D eigenvalue weighted by Gasteiger charge is -2.28. The van der Waals surface area contributed by atoms with Crippen LogP contribution >= 0.6 is 23.2 Å². The third-order valence-corrected chi connectivity index (χ3v) is 4.29. The van der Waals surface area contributed by atoms with Crippen LogP contribution in [0.4, 0.5) is 0 Å². The molecule has 0 aliphatic carbocycles. The minimum atomic E-state index is -0.435. The topological polar surface area (TPSA) is 58.2 Å². The summed E-state index contributed by atoms with van der Waals surface area (Å²) >= 11 is 12.4. The fraction of sp³-hybridized carbons (Fsp3) is 0.467. The molecule has 2 rings (SSSR count). The summed E-state index contributed by atoms with van der Waals surface area (Å²) in [5, 5.41) is 6.68. The molecule has 1 aliphatic heterocycles. The average molecular weight is 329 g/mol. The van der Waals surface area contributed by atoms with Crippen molar-refractivity contribution in [3.8, 4) is 0 Å². The second kappa shape index (κ2) is 6.24. The van der Waals surface area contributed by atoms with Gasteiger partial charge in [-0.3, -0.25) is 9.59 Å². The third-order valence-electron chi connectivity index (χ3n) is 3.66. The minimum absolute atomic E-state index is 0.0800. The molecule has 1 heterocycles. The molecule has 1 aromatic carbocycles. The Bertz CT molecular complexity index is 553. The van der Waals surface area contributed by atoms with Crippen LogP contribution in [0, 0.1) is 0 Å². The number of hydrogen-bond acceptors (Lipinski definition) is 2. The predicted molar refractivity (Wildman–Crippen MR) is 83.7 cm³/mol. The van der Waals surface area contributed by atoms with Crippen molar-refractivity contribution >= 4 is 35.0 Å². The quantitative estimate of drug-likeness (QED) is 0.892. The number of hydrogen-bond donors (Lipinski definition) is 2. The summed E-state index contributed by atoms with van der Waals surface area (Å²) in [7, 11) is 0. The Hall–Kier alpha value is -1.26. The third kappa shape index (κ3) is 3.69. The van der Waals surface area contributed by atoms with Gasteiger partial charge in [0.05, 0.1) is 0 Å². The van der Waals surface area contributed by atoms with Crippen LogP contribution in [-0.4, -0.2) is 24.4 Å². The lowest BCUT2D eigenvalue weighted by Crippen LogP contribution is -2.45. The van der Waals surface area contributed by atoms with Crippen LogP contribution in [0.25, 0.3) is 0 Å². The van der Waals surface area contributed by atoms with Crippen molar-refractivity contribution < 1.29 is 9.59 Å². The van der Waals surface area contributed by atoms with E-state index in [-0.39, 0.29) is 11.8 Å². The maximum atomic E-state index is 12.0. The zero-order valence-corrected chi connectivity index (χ0v) is 13.5. The zero-order valence-electron chi connectivity index (χ0n) is 12.0. The van der Waals surface area contributed by atoms with E-state index in [0.29, 0.717) is 29.4 Å². The first-order valence-electron chi connectivity index (χ1n) is 6.83. The van der Waals surface area contributed by atoms with Crippen LogP contribution in [0.2, 0.25) is 10.0 Å². The van der Waals surface area contributed by atoms with E-state index in [1.54, 1.807) is 18.2 Å². The molecule has 4 nitrogen and oxygen atoms in total. The number of halogens is 2. The normalized spacial score (nSPS) is 18.5. The van der Waals surface area contributed by atoms with Gasteiger partial charge < -0.3 is 10.6 Å². The van der Waals surface area contributed by atoms with Gasteiger partial charge in [-0.25, -0.2) is 0 Å². The van der Waals surface area contributed by atoms with Crippen molar-refractivity contribution in [2.24, 2.45) is 0 Å². The van der Waals surface area contributed by atoms with Gasteiger partial charge in [0.25, 0.3) is 0 Å². The Labute approximate surface area is 134 Å². The summed E-state index contributed by atoms with van der Waals surface area (Å²) in [4.78, 5) is 23.2. The molecule has 6 heteroatoms. The van der Waals surface area contributed by atoms with E-state index < -0.39 is 11.5 Å². The van der Waals surface area contributed by atoms with Gasteiger partial charge in [0.15, 0.2) is 0 Å². The van der Waals surface area contributed by atoms with E-state index in [4.69, 9.17) is 23.2 Å². The van der Waals surface area contributed by atoms with Crippen LogP contribution < -0.4 is 10.6 Å². The maximum absolute atomic E-state index is 12.0. The molecule has 0 bridgehead atoms. The molecule has 1 unspecified atom stereocenters. The van der Waals surface area contributed by atoms with Gasteiger partial charge in [-0.05, 0) is 24.1 Å². The first-order chi connectivity index (χ1) is 9.81. The highest BCUT2D eigenvalue weighted by atomic mass is 35.5. The Morgan fingerprint density at radius 1 is 1.38 bits per heavy atom. The first-order valence-corrected chi connectivity index (χ1v) is 7.58. The summed E-state index contributed by atoms with van der Waals surface area (Å²) < 4.78 is 0. The number of rotatable bonds is 4. The van der Waals surface area contributed by atoms with E-state index >= 15 is 0 Å². The van der Waals surface area contributed by atoms with Gasteiger partial charge in [0, 0.05) is 28.4 Å². The van der Waals surface area contributed by atoms with Gasteiger partial charge in [-0.2, -0.15) is 0 Å². The Kier molecular flexibility index (Phi) is 4.79. The van der Waals surface area contributed by atoms with Crippen LogP contribution in [0.5, 0.6) is 0 Å². The second-order valence-electron chi connectivity index (χ2n) is 5.86. The molecule has 114 valence electrons. The summed E-state index contributed by atoms with van der Waals surface area (Å²) in [6.07, 6.45) is 0.940. The molecule has 1 aromatic rings. The monoisotopic (exact) mass is 328 g/mol. The van der Waals surface area contributed by atoms with Crippen molar-refractivity contribution in [2.75, 3.05) is 6.54 Å². The van der Waals surface area contributed by atoms with Crippen molar-refractivity contribution in [1.82, 2.24) is 10.6 Å². The molecule has 0 aromatic heterocycles. The van der Waals surface area contributed by atoms with Gasteiger partial charge >= 0.3 is 0 Å². The molecule has 1 atom stereocenters. The van der Waals surface area contributed by atoms with Gasteiger partial charge in [-0.15, -0.1) is 0 Å². The molecule has 21 heavy (non-hydrogen) atoms. The molecular formula is C15H18Cl2N2O2. The number of benzene rings is 1. The molecule has 1 fully saturated rings. The molecule has 1 saturated heterocycles. The van der Waals surface area contributed by atoms with Crippen LogP contribution in [0.15, 0.2) is 18.2 Å². The number of carbonyl (C=O) groups excluding carboxylic acids is 2. The predicted octanol–water partition coefficient (Wildman–Crippen LogP) is 2.67. The van der Waals surface area contributed by atoms with Gasteiger partial charge in [-0.1, -0.05) is 43.1 Å². The fourth-order valence-electron chi connectivity index (χ4n) is 2.47. The number of carbonyl (C=O) groups is 2. The van der Waals surface area contributed by atoms with E-state index in [2.05, 4.69) is 10.6 Å². The maximum Gasteiger partial charge on any atom is 0.242 e. The summed E-state index contributed by atoms with van der Waals surface area (Å²) in [6, 6.07) is 4.92. The Balaban J connectivity index is 2.04. The summed E-state index contributed by atoms with van der Waals surface area (Å²) in [5.41, 5.74) is 0.400. The average Bonchev–Trinajstić information content (AvgIpc) is 2.82. The molecule has 0 saturated carbocycles. The first kappa shape index (κ1) is 16.1. The molecule has 2 N–H and O–H groups in total. The highest BCUT2D eigenvalue weighted by Gasteiger charge is 2.30. The van der Waals surface area contributed by atoms with E-state index in [0.717, 1.165) is 5.56 Å². The smallest absolute Gasteiger partial charge is 0.242 e. The minimum Gasteiger partial charge on any atom is -0.353 e. The lowest BCUT2D eigenvalue weighted by molar-refractivity contribution is -0.125. The van der Waals surface area contributed by atoms with Crippen LogP contribution in [0.3, 0.4) is 0 Å². The molecule has 0 radical (unpaired) electrons. The summed E-state index contributed by atoms with van der Waals surface area (Å²) in [5.74, 6) is -0.249. The highest BCUT2D eigenvalue weighted by molar-refractivity contribution is 6.36. The van der Waals surface area contributed by atoms with Crippen molar-refractivity contribution in [3.05, 3.63) is 33.8 Å². The van der Waals surface area contributed by atoms with Crippen molar-refractivity contribution in [1.29, 1.82) is 0 Å². The number of nitrogens with one attached hydrogen (secondary N) is 2. The Morgan fingerprint density at radius 2 is 2.00 bits per heavy atom. The SMILES string of the molecule is CC(C)(CNC(=O)C1CCC(=O)N1)c1c(Cl)cccc1Cl. The Morgan fingerprint density at radius 3 is 2.52 bits per heavy atom. The lowest BCUT2D eigenvalue weighted by atomic mass is 9.84. The van der Waals surface area contributed by atoms with Crippen molar-refractivity contribution in [3.63, 3.8) is 0 Å². The van der Waals surface area contributed by atoms with E-state index in [1.165, 1.54) is 0 Å². The van der Waals surface area contributed by atoms with Crippen molar-refractivity contribution in [2.45, 2.75) is 38.1 Å². The molecule has 2 amide bonds. The van der Waals surface area contributed by atoms with Gasteiger partial charge in [0.2, 0.25) is 11.8 Å². The number of amides is 2. The van der Waals surface area contributed by atoms with Crippen LogP contribution in [-0.2, 0) is 15.0 Å². The van der Waals surface area contributed by atoms with E-state index in [9.17, 15) is 9.59 Å². The molecule has 0 spiro atoms. The molecular weight excluding hydrogens is 311 g/mol. The standard InChI is InChI=1S/C15H18Cl2N2O2/c1-15(2,13-9(16)4-3-5-10(13)17)8-18-14(21)11-6-7-12(20)19-11/h3-5,11H,6-8H2,1-2H3,(H,18,21)(H,19,20). The van der Waals surface area contributed by atoms with Crippen LogP contribution in [0.1, 0.15) is 32.3 Å². The van der Waals surface area contributed by atoms with Gasteiger partial charge in [0.1, 0.15) is 6.04 Å². The van der Waals surface area contributed by atoms with E-state index in [1.807, 2.05) is 13.8 Å².